The van der Waals surface area contributed by atoms with Gasteiger partial charge in [-0.25, -0.2) is 0 Å². The van der Waals surface area contributed by atoms with Gasteiger partial charge in [0.2, 0.25) is 5.91 Å². The maximum absolute atomic E-state index is 9.22. The lowest BCUT2D eigenvalue weighted by Crippen LogP contribution is -2.01. The summed E-state index contributed by atoms with van der Waals surface area (Å²) >= 11 is 0. The number of carbonyl (C=O) groups is 1. The van der Waals surface area contributed by atoms with Crippen molar-refractivity contribution in [1.29, 1.82) is 0 Å². The highest BCUT2D eigenvalue weighted by atomic mass is 16.1. The maximum Gasteiger partial charge on any atom is 0.214 e. The summed E-state index contributed by atoms with van der Waals surface area (Å²) in [5.74, 6) is 0.565. The highest BCUT2D eigenvalue weighted by Gasteiger charge is 1.87. The van der Waals surface area contributed by atoms with Crippen molar-refractivity contribution in [3.8, 4) is 0 Å². The fourth-order valence-corrected chi connectivity index (χ4v) is 1.78. The van der Waals surface area contributed by atoms with Crippen LogP contribution in [0.25, 0.3) is 0 Å². The molecule has 0 spiro atoms. The molecule has 1 aromatic rings. The zero-order valence-corrected chi connectivity index (χ0v) is 13.7. The number of nitrogens with two attached hydrogens (primary N) is 1. The van der Waals surface area contributed by atoms with Crippen molar-refractivity contribution >= 4 is 5.91 Å². The highest BCUT2D eigenvalue weighted by molar-refractivity contribution is 5.70. The van der Waals surface area contributed by atoms with Crippen LogP contribution in [-0.4, -0.2) is 5.91 Å². The molecule has 0 atom stereocenters. The molecule has 19 heavy (non-hydrogen) atoms. The Morgan fingerprint density at radius 3 is 1.42 bits per heavy atom. The van der Waals surface area contributed by atoms with Gasteiger partial charge in [-0.1, -0.05) is 68.5 Å². The van der Waals surface area contributed by atoms with E-state index in [9.17, 15) is 4.79 Å². The van der Waals surface area contributed by atoms with Crippen molar-refractivity contribution in [3.63, 3.8) is 0 Å². The quantitative estimate of drug-likeness (QED) is 0.837. The molecule has 0 unspecified atom stereocenters. The van der Waals surface area contributed by atoms with Gasteiger partial charge in [0, 0.05) is 6.92 Å². The van der Waals surface area contributed by atoms with Crippen LogP contribution in [0.4, 0.5) is 0 Å². The van der Waals surface area contributed by atoms with Gasteiger partial charge in [0.05, 0.1) is 0 Å². The number of hydrogen-bond acceptors (Lipinski definition) is 1. The second kappa shape index (κ2) is 11.8. The van der Waals surface area contributed by atoms with Crippen molar-refractivity contribution in [1.82, 2.24) is 0 Å². The molecule has 0 bridgehead atoms. The minimum absolute atomic E-state index is 0.333. The average Bonchev–Trinajstić information content (AvgIpc) is 2.13. The first-order valence-electron chi connectivity index (χ1n) is 6.99. The van der Waals surface area contributed by atoms with Crippen LogP contribution in [0.1, 0.15) is 57.2 Å². The predicted molar refractivity (Wildman–Crippen MR) is 85.3 cm³/mol. The smallest absolute Gasteiger partial charge is 0.214 e. The van der Waals surface area contributed by atoms with Crippen molar-refractivity contribution < 1.29 is 4.79 Å². The molecule has 1 aromatic carbocycles. The Bertz CT molecular complexity index is 302. The molecular weight excluding hydrogens is 234 g/mol. The van der Waals surface area contributed by atoms with Crippen LogP contribution >= 0.6 is 0 Å². The van der Waals surface area contributed by atoms with Crippen molar-refractivity contribution in [2.45, 2.75) is 61.3 Å². The van der Waals surface area contributed by atoms with Crippen molar-refractivity contribution in [2.75, 3.05) is 0 Å². The van der Waals surface area contributed by atoms with Gasteiger partial charge in [0.15, 0.2) is 0 Å². The third-order valence-corrected chi connectivity index (χ3v) is 2.23. The largest absolute Gasteiger partial charge is 0.370 e. The number of primary amides is 1. The molecule has 0 aromatic heterocycles. The van der Waals surface area contributed by atoms with Gasteiger partial charge in [0.1, 0.15) is 0 Å². The highest BCUT2D eigenvalue weighted by Crippen LogP contribution is 2.06. The first-order chi connectivity index (χ1) is 8.68. The second-order valence-corrected chi connectivity index (χ2v) is 5.46. The van der Waals surface area contributed by atoms with E-state index in [4.69, 9.17) is 0 Å². The van der Waals surface area contributed by atoms with Crippen LogP contribution in [0.3, 0.4) is 0 Å². The van der Waals surface area contributed by atoms with Crippen molar-refractivity contribution in [2.24, 2.45) is 11.7 Å². The summed E-state index contributed by atoms with van der Waals surface area (Å²) in [6, 6.07) is 6.56. The van der Waals surface area contributed by atoms with Crippen LogP contribution in [0.15, 0.2) is 18.2 Å². The monoisotopic (exact) mass is 265 g/mol. The van der Waals surface area contributed by atoms with E-state index in [1.54, 1.807) is 0 Å². The van der Waals surface area contributed by atoms with Gasteiger partial charge < -0.3 is 5.73 Å². The Hall–Kier alpha value is -1.31. The summed E-state index contributed by atoms with van der Waals surface area (Å²) in [4.78, 5) is 9.22. The number of benzene rings is 1. The van der Waals surface area contributed by atoms with Crippen LogP contribution < -0.4 is 5.73 Å². The van der Waals surface area contributed by atoms with Gasteiger partial charge >= 0.3 is 0 Å². The van der Waals surface area contributed by atoms with E-state index in [1.807, 2.05) is 0 Å². The molecule has 110 valence electrons. The van der Waals surface area contributed by atoms with E-state index in [0.717, 1.165) is 5.92 Å². The number of rotatable bonds is 2. The molecule has 0 aliphatic carbocycles. The zero-order valence-electron chi connectivity index (χ0n) is 13.7. The molecule has 1 amide bonds. The Morgan fingerprint density at radius 1 is 1.05 bits per heavy atom. The Labute approximate surface area is 119 Å². The van der Waals surface area contributed by atoms with E-state index < -0.39 is 0 Å². The molecule has 0 aliphatic heterocycles. The minimum Gasteiger partial charge on any atom is -0.370 e. The molecule has 0 aliphatic rings. The van der Waals surface area contributed by atoms with E-state index >= 15 is 0 Å². The molecule has 0 saturated carbocycles. The van der Waals surface area contributed by atoms with Crippen LogP contribution in [0.5, 0.6) is 0 Å². The number of hydrogen-bond donors (Lipinski definition) is 1. The second-order valence-electron chi connectivity index (χ2n) is 5.46. The molecule has 0 fully saturated rings. The fraction of sp³-hybridized carbons (Fsp3) is 0.588. The third-order valence-electron chi connectivity index (χ3n) is 2.23. The Morgan fingerprint density at radius 2 is 1.32 bits per heavy atom. The summed E-state index contributed by atoms with van der Waals surface area (Å²) in [5.41, 5.74) is 8.53. The van der Waals surface area contributed by atoms with Gasteiger partial charge in [-0.15, -0.1) is 0 Å². The normalized spacial score (nSPS) is 9.05. The summed E-state index contributed by atoms with van der Waals surface area (Å²) in [6.45, 7) is 14.4. The SMILES string of the molecule is CC(N)=O.CCCC(C)C.Cc1cc(C)cc(C)c1. The maximum atomic E-state index is 9.22. The lowest BCUT2D eigenvalue weighted by atomic mass is 10.1. The molecular formula is C17H31NO. The van der Waals surface area contributed by atoms with Crippen LogP contribution in [0, 0.1) is 26.7 Å². The lowest BCUT2D eigenvalue weighted by Gasteiger charge is -1.96. The summed E-state index contributed by atoms with van der Waals surface area (Å²) in [5, 5.41) is 0. The number of carbonyl (C=O) groups excluding carboxylic acids is 1. The third kappa shape index (κ3) is 19.2. The molecule has 2 heteroatoms. The molecule has 2 N–H and O–H groups in total. The molecule has 1 rings (SSSR count). The number of aryl methyl sites for hydroxylation is 3. The van der Waals surface area contributed by atoms with Gasteiger partial charge in [-0.2, -0.15) is 0 Å². The number of amides is 1. The molecule has 0 heterocycles. The fourth-order valence-electron chi connectivity index (χ4n) is 1.78. The topological polar surface area (TPSA) is 43.1 Å². The average molecular weight is 265 g/mol. The summed E-state index contributed by atoms with van der Waals surface area (Å²) in [6.07, 6.45) is 2.71. The predicted octanol–water partition coefficient (Wildman–Crippen LogP) is 4.55. The standard InChI is InChI=1S/C9H12.C6H14.C2H5NO/c1-7-4-8(2)6-9(3)5-7;1-4-5-6(2)3;1-2(3)4/h4-6H,1-3H3;6H,4-5H2,1-3H3;1H3,(H2,3,4). The van der Waals surface area contributed by atoms with Crippen molar-refractivity contribution in [3.05, 3.63) is 34.9 Å². The van der Waals surface area contributed by atoms with E-state index in [0.29, 0.717) is 0 Å². The van der Waals surface area contributed by atoms with Crippen LogP contribution in [0.2, 0.25) is 0 Å². The van der Waals surface area contributed by atoms with Gasteiger partial charge in [-0.3, -0.25) is 4.79 Å². The van der Waals surface area contributed by atoms with E-state index in [-0.39, 0.29) is 5.91 Å². The lowest BCUT2D eigenvalue weighted by molar-refractivity contribution is -0.115. The van der Waals surface area contributed by atoms with E-state index in [2.05, 4.69) is 65.5 Å². The first-order valence-corrected chi connectivity index (χ1v) is 6.99. The minimum atomic E-state index is -0.333. The molecule has 0 saturated heterocycles. The Kier molecular flexibility index (Phi) is 12.4. The zero-order chi connectivity index (χ0) is 15.4. The first kappa shape index (κ1) is 20.0. The van der Waals surface area contributed by atoms with Gasteiger partial charge in [0.25, 0.3) is 0 Å². The van der Waals surface area contributed by atoms with E-state index in [1.165, 1.54) is 36.5 Å². The van der Waals surface area contributed by atoms with Gasteiger partial charge in [-0.05, 0) is 26.7 Å². The summed E-state index contributed by atoms with van der Waals surface area (Å²) in [7, 11) is 0. The van der Waals surface area contributed by atoms with Crippen LogP contribution in [-0.2, 0) is 4.79 Å². The summed E-state index contributed by atoms with van der Waals surface area (Å²) < 4.78 is 0. The molecule has 2 nitrogen and oxygen atoms in total. The Balaban J connectivity index is 0. The molecule has 0 radical (unpaired) electrons.